The highest BCUT2D eigenvalue weighted by atomic mass is 16.5. The van der Waals surface area contributed by atoms with Gasteiger partial charge in [0.2, 0.25) is 0 Å². The van der Waals surface area contributed by atoms with Crippen LogP contribution in [0.3, 0.4) is 0 Å². The molecule has 1 amide bonds. The number of fused-ring (bicyclic) bond motifs is 1. The van der Waals surface area contributed by atoms with Crippen molar-refractivity contribution >= 4 is 11.9 Å². The van der Waals surface area contributed by atoms with Crippen molar-refractivity contribution in [2.45, 2.75) is 19.1 Å². The third kappa shape index (κ3) is 3.72. The molecule has 0 aliphatic carbocycles. The van der Waals surface area contributed by atoms with Crippen LogP contribution in [0.4, 0.5) is 0 Å². The minimum atomic E-state index is -0.891. The molecule has 2 heterocycles. The molecule has 5 nitrogen and oxygen atoms in total. The van der Waals surface area contributed by atoms with Crippen LogP contribution in [0.15, 0.2) is 84.0 Å². The minimum Gasteiger partial charge on any atom is -0.448 e. The lowest BCUT2D eigenvalue weighted by Crippen LogP contribution is -2.35. The van der Waals surface area contributed by atoms with E-state index < -0.39 is 18.0 Å². The average Bonchev–Trinajstić information content (AvgIpc) is 2.70. The molecule has 0 N–H and O–H groups in total. The zero-order valence-electron chi connectivity index (χ0n) is 14.6. The van der Waals surface area contributed by atoms with Gasteiger partial charge < -0.3 is 9.30 Å². The second-order valence-corrected chi connectivity index (χ2v) is 6.38. The number of cyclic esters (lactones) is 1. The fourth-order valence-corrected chi connectivity index (χ4v) is 3.14. The molecular weight excluding hydrogens is 340 g/mol. The Morgan fingerprint density at radius 1 is 1.00 bits per heavy atom. The molecule has 4 rings (SSSR count). The molecular formula is C22H18N2O3. The van der Waals surface area contributed by atoms with Gasteiger partial charge in [-0.15, -0.1) is 0 Å². The molecule has 27 heavy (non-hydrogen) atoms. The van der Waals surface area contributed by atoms with Gasteiger partial charge in [-0.1, -0.05) is 54.6 Å². The second kappa shape index (κ2) is 7.41. The van der Waals surface area contributed by atoms with Crippen LogP contribution in [-0.4, -0.2) is 22.5 Å². The van der Waals surface area contributed by atoms with Crippen LogP contribution in [0, 0.1) is 0 Å². The quantitative estimate of drug-likeness (QED) is 0.677. The summed E-state index contributed by atoms with van der Waals surface area (Å²) in [6.45, 7) is 0.598. The molecule has 2 aromatic carbocycles. The molecule has 0 saturated carbocycles. The highest BCUT2D eigenvalue weighted by Crippen LogP contribution is 2.21. The third-order valence-electron chi connectivity index (χ3n) is 4.50. The van der Waals surface area contributed by atoms with Crippen LogP contribution in [0.2, 0.25) is 0 Å². The molecule has 0 spiro atoms. The van der Waals surface area contributed by atoms with Crippen LogP contribution in [0.5, 0.6) is 0 Å². The largest absolute Gasteiger partial charge is 0.448 e. The van der Waals surface area contributed by atoms with E-state index >= 15 is 0 Å². The van der Waals surface area contributed by atoms with E-state index in [1.807, 2.05) is 65.4 Å². The number of amides is 1. The Balaban J connectivity index is 1.61. The highest BCUT2D eigenvalue weighted by Gasteiger charge is 2.30. The van der Waals surface area contributed by atoms with E-state index in [9.17, 15) is 9.59 Å². The van der Waals surface area contributed by atoms with Gasteiger partial charge in [-0.05, 0) is 29.3 Å². The van der Waals surface area contributed by atoms with Gasteiger partial charge in [0.25, 0.3) is 5.91 Å². The molecule has 134 valence electrons. The van der Waals surface area contributed by atoms with Crippen LogP contribution in [0.25, 0.3) is 0 Å². The average molecular weight is 358 g/mol. The summed E-state index contributed by atoms with van der Waals surface area (Å²) in [6.07, 6.45) is 1.33. The lowest BCUT2D eigenvalue weighted by atomic mass is 9.98. The van der Waals surface area contributed by atoms with Crippen LogP contribution in [-0.2, 0) is 22.5 Å². The van der Waals surface area contributed by atoms with Gasteiger partial charge in [0.1, 0.15) is 5.49 Å². The SMILES string of the molecule is O=C1OC(C(=O)N=c2ccccn2Cc2ccccc2)Cc2ccccc21. The highest BCUT2D eigenvalue weighted by molar-refractivity contribution is 5.95. The fourth-order valence-electron chi connectivity index (χ4n) is 3.14. The molecule has 1 atom stereocenters. The Bertz CT molecular complexity index is 1050. The molecule has 1 aliphatic rings. The maximum absolute atomic E-state index is 12.7. The number of ether oxygens (including phenoxy) is 1. The van der Waals surface area contributed by atoms with Gasteiger partial charge in [-0.3, -0.25) is 4.79 Å². The molecule has 1 unspecified atom stereocenters. The van der Waals surface area contributed by atoms with Crippen LogP contribution >= 0.6 is 0 Å². The first-order valence-electron chi connectivity index (χ1n) is 8.77. The van der Waals surface area contributed by atoms with Crippen molar-refractivity contribution in [2.75, 3.05) is 0 Å². The second-order valence-electron chi connectivity index (χ2n) is 6.38. The lowest BCUT2D eigenvalue weighted by Gasteiger charge is -2.22. The Morgan fingerprint density at radius 3 is 2.59 bits per heavy atom. The van der Waals surface area contributed by atoms with E-state index in [4.69, 9.17) is 4.74 Å². The number of benzene rings is 2. The maximum atomic E-state index is 12.7. The predicted octanol–water partition coefficient (Wildman–Crippen LogP) is 2.75. The molecule has 0 saturated heterocycles. The number of carbonyl (C=O) groups is 2. The van der Waals surface area contributed by atoms with Crippen molar-refractivity contribution in [1.29, 1.82) is 0 Å². The number of carbonyl (C=O) groups excluding carboxylic acids is 2. The molecule has 1 aromatic heterocycles. The van der Waals surface area contributed by atoms with Crippen LogP contribution < -0.4 is 5.49 Å². The molecule has 0 bridgehead atoms. The third-order valence-corrected chi connectivity index (χ3v) is 4.50. The summed E-state index contributed by atoms with van der Waals surface area (Å²) >= 11 is 0. The summed E-state index contributed by atoms with van der Waals surface area (Å²) in [6, 6.07) is 22.6. The number of rotatable bonds is 3. The first-order valence-corrected chi connectivity index (χ1v) is 8.77. The summed E-state index contributed by atoms with van der Waals surface area (Å²) < 4.78 is 7.21. The van der Waals surface area contributed by atoms with Crippen molar-refractivity contribution in [2.24, 2.45) is 4.99 Å². The van der Waals surface area contributed by atoms with E-state index in [1.165, 1.54) is 0 Å². The number of hydrogen-bond acceptors (Lipinski definition) is 3. The van der Waals surface area contributed by atoms with Crippen LogP contribution in [0.1, 0.15) is 21.5 Å². The predicted molar refractivity (Wildman–Crippen MR) is 99.9 cm³/mol. The fraction of sp³-hybridized carbons (Fsp3) is 0.136. The summed E-state index contributed by atoms with van der Waals surface area (Å²) in [4.78, 5) is 29.0. The number of pyridine rings is 1. The standard InChI is InChI=1S/C22H18N2O3/c25-21(19-14-17-10-4-5-11-18(17)22(26)27-19)23-20-12-6-7-13-24(20)15-16-8-2-1-3-9-16/h1-13,19H,14-15H2. The van der Waals surface area contributed by atoms with Crippen molar-refractivity contribution in [3.8, 4) is 0 Å². The van der Waals surface area contributed by atoms with Crippen molar-refractivity contribution in [1.82, 2.24) is 4.57 Å². The zero-order valence-corrected chi connectivity index (χ0v) is 14.6. The van der Waals surface area contributed by atoms with Crippen molar-refractivity contribution in [3.63, 3.8) is 0 Å². The van der Waals surface area contributed by atoms with Crippen molar-refractivity contribution < 1.29 is 14.3 Å². The monoisotopic (exact) mass is 358 g/mol. The Morgan fingerprint density at radius 2 is 1.74 bits per heavy atom. The van der Waals surface area contributed by atoms with E-state index in [2.05, 4.69) is 4.99 Å². The number of nitrogens with zero attached hydrogens (tertiary/aromatic N) is 2. The van der Waals surface area contributed by atoms with Crippen molar-refractivity contribution in [3.05, 3.63) is 101 Å². The van der Waals surface area contributed by atoms with E-state index in [-0.39, 0.29) is 0 Å². The Hall–Kier alpha value is -3.47. The lowest BCUT2D eigenvalue weighted by molar-refractivity contribution is -0.127. The Labute approximate surface area is 156 Å². The maximum Gasteiger partial charge on any atom is 0.339 e. The van der Waals surface area contributed by atoms with E-state index in [0.717, 1.165) is 11.1 Å². The number of aromatic nitrogens is 1. The summed E-state index contributed by atoms with van der Waals surface area (Å²) in [7, 11) is 0. The van der Waals surface area contributed by atoms with Gasteiger partial charge in [0.15, 0.2) is 6.10 Å². The topological polar surface area (TPSA) is 60.7 Å². The zero-order chi connectivity index (χ0) is 18.6. The normalized spacial score (nSPS) is 16.5. The van der Waals surface area contributed by atoms with Gasteiger partial charge in [0.05, 0.1) is 5.56 Å². The first kappa shape index (κ1) is 17.0. The molecule has 3 aromatic rings. The first-order chi connectivity index (χ1) is 13.2. The molecule has 1 aliphatic heterocycles. The van der Waals surface area contributed by atoms with Gasteiger partial charge in [-0.2, -0.15) is 4.99 Å². The van der Waals surface area contributed by atoms with Gasteiger partial charge in [0, 0.05) is 19.2 Å². The van der Waals surface area contributed by atoms with E-state index in [0.29, 0.717) is 24.0 Å². The summed E-state index contributed by atoms with van der Waals surface area (Å²) in [5.41, 5.74) is 2.96. The molecule has 0 fully saturated rings. The van der Waals surface area contributed by atoms with E-state index in [1.54, 1.807) is 18.2 Å². The Kier molecular flexibility index (Phi) is 4.66. The smallest absolute Gasteiger partial charge is 0.339 e. The minimum absolute atomic E-state index is 0.343. The number of hydrogen-bond donors (Lipinski definition) is 0. The van der Waals surface area contributed by atoms with Gasteiger partial charge >= 0.3 is 5.97 Å². The van der Waals surface area contributed by atoms with Gasteiger partial charge in [-0.25, -0.2) is 4.79 Å². The molecule has 0 radical (unpaired) electrons. The molecule has 5 heteroatoms. The number of esters is 1. The summed E-state index contributed by atoms with van der Waals surface area (Å²) in [5, 5.41) is 0. The summed E-state index contributed by atoms with van der Waals surface area (Å²) in [5.74, 6) is -0.929.